The fourth-order valence-electron chi connectivity index (χ4n) is 4.00. The van der Waals surface area contributed by atoms with Crippen molar-refractivity contribution < 1.29 is 13.6 Å². The second kappa shape index (κ2) is 11.1. The number of nitrogens with zero attached hydrogens (tertiary/aromatic N) is 2. The van der Waals surface area contributed by atoms with Crippen LogP contribution in [0.25, 0.3) is 0 Å². The number of carbonyl (C=O) groups excluding carboxylic acids is 1. The van der Waals surface area contributed by atoms with Crippen molar-refractivity contribution in [1.82, 2.24) is 15.2 Å². The summed E-state index contributed by atoms with van der Waals surface area (Å²) in [7, 11) is 0. The lowest BCUT2D eigenvalue weighted by Crippen LogP contribution is -2.27. The highest BCUT2D eigenvalue weighted by Gasteiger charge is 2.21. The van der Waals surface area contributed by atoms with E-state index in [1.165, 1.54) is 40.6 Å². The van der Waals surface area contributed by atoms with Crippen molar-refractivity contribution in [1.29, 1.82) is 0 Å². The minimum atomic E-state index is -0.332. The summed E-state index contributed by atoms with van der Waals surface area (Å²) in [6.07, 6.45) is 1.39. The van der Waals surface area contributed by atoms with E-state index in [0.717, 1.165) is 12.1 Å². The number of nitrogens with one attached hydrogen (secondary N) is 1. The summed E-state index contributed by atoms with van der Waals surface area (Å²) in [5.74, 6) is -0.164. The van der Waals surface area contributed by atoms with Crippen molar-refractivity contribution in [3.63, 3.8) is 0 Å². The first kappa shape index (κ1) is 24.4. The lowest BCUT2D eigenvalue weighted by molar-refractivity contribution is 0.0945. The summed E-state index contributed by atoms with van der Waals surface area (Å²) < 4.78 is 18.8. The summed E-state index contributed by atoms with van der Waals surface area (Å²) in [4.78, 5) is 19.3. The van der Waals surface area contributed by atoms with Gasteiger partial charge in [-0.05, 0) is 55.2 Å². The molecule has 35 heavy (non-hydrogen) atoms. The second-order valence-electron chi connectivity index (χ2n) is 8.86. The smallest absolute Gasteiger partial charge is 0.273 e. The molecule has 5 nitrogen and oxygen atoms in total. The third kappa shape index (κ3) is 6.43. The van der Waals surface area contributed by atoms with E-state index in [1.54, 1.807) is 12.1 Å². The Bertz CT molecular complexity index is 1270. The molecule has 6 heteroatoms. The van der Waals surface area contributed by atoms with Crippen LogP contribution in [0.15, 0.2) is 83.5 Å². The normalized spacial score (nSPS) is 12.0. The molecule has 3 aromatic carbocycles. The predicted molar refractivity (Wildman–Crippen MR) is 134 cm³/mol. The fraction of sp³-hybridized carbons (Fsp3) is 0.241. The van der Waals surface area contributed by atoms with Crippen LogP contribution in [0.1, 0.15) is 57.2 Å². The van der Waals surface area contributed by atoms with Gasteiger partial charge in [-0.15, -0.1) is 0 Å². The summed E-state index contributed by atoms with van der Waals surface area (Å²) in [5, 5.41) is 2.81. The number of hydrogen-bond donors (Lipinski definition) is 1. The van der Waals surface area contributed by atoms with Crippen LogP contribution in [0.5, 0.6) is 0 Å². The van der Waals surface area contributed by atoms with Crippen molar-refractivity contribution in [3.8, 4) is 0 Å². The van der Waals surface area contributed by atoms with E-state index in [4.69, 9.17) is 4.42 Å². The second-order valence-corrected chi connectivity index (χ2v) is 8.86. The molecule has 4 aromatic rings. The van der Waals surface area contributed by atoms with E-state index < -0.39 is 0 Å². The zero-order valence-corrected chi connectivity index (χ0v) is 20.3. The Morgan fingerprint density at radius 3 is 2.51 bits per heavy atom. The first-order valence-corrected chi connectivity index (χ1v) is 11.7. The van der Waals surface area contributed by atoms with Gasteiger partial charge in [0.25, 0.3) is 5.91 Å². The van der Waals surface area contributed by atoms with Gasteiger partial charge in [-0.1, -0.05) is 66.2 Å². The molecule has 0 aliphatic carbocycles. The lowest BCUT2D eigenvalue weighted by Gasteiger charge is -2.29. The maximum absolute atomic E-state index is 13.1. The van der Waals surface area contributed by atoms with Crippen molar-refractivity contribution in [3.05, 3.63) is 124 Å². The number of rotatable bonds is 9. The van der Waals surface area contributed by atoms with Crippen LogP contribution in [0.2, 0.25) is 0 Å². The predicted octanol–water partition coefficient (Wildman–Crippen LogP) is 6.12. The number of oxazole rings is 1. The monoisotopic (exact) mass is 471 g/mol. The first-order chi connectivity index (χ1) is 16.9. The van der Waals surface area contributed by atoms with Gasteiger partial charge in [0.05, 0.1) is 6.54 Å². The molecule has 1 N–H and O–H groups in total. The van der Waals surface area contributed by atoms with Gasteiger partial charge in [-0.2, -0.15) is 0 Å². The van der Waals surface area contributed by atoms with Crippen molar-refractivity contribution in [2.45, 2.75) is 46.4 Å². The van der Waals surface area contributed by atoms with Crippen LogP contribution in [-0.4, -0.2) is 15.8 Å². The van der Waals surface area contributed by atoms with E-state index in [9.17, 15) is 9.18 Å². The van der Waals surface area contributed by atoms with E-state index >= 15 is 0 Å². The molecule has 1 atom stereocenters. The molecule has 1 heterocycles. The summed E-state index contributed by atoms with van der Waals surface area (Å²) in [6.45, 7) is 7.84. The molecular weight excluding hydrogens is 441 g/mol. The third-order valence-corrected chi connectivity index (χ3v) is 6.20. The van der Waals surface area contributed by atoms with Crippen LogP contribution < -0.4 is 5.32 Å². The molecular formula is C29H30FN3O2. The van der Waals surface area contributed by atoms with Crippen molar-refractivity contribution in [2.75, 3.05) is 0 Å². The average molecular weight is 472 g/mol. The minimum Gasteiger partial charge on any atom is -0.447 e. The number of benzene rings is 3. The average Bonchev–Trinajstić information content (AvgIpc) is 3.34. The zero-order chi connectivity index (χ0) is 24.8. The first-order valence-electron chi connectivity index (χ1n) is 11.7. The molecule has 1 aromatic heterocycles. The summed E-state index contributed by atoms with van der Waals surface area (Å²) in [6, 6.07) is 22.9. The molecule has 0 spiro atoms. The number of amides is 1. The number of halogens is 1. The molecule has 180 valence electrons. The van der Waals surface area contributed by atoms with E-state index in [2.05, 4.69) is 66.3 Å². The zero-order valence-electron chi connectivity index (χ0n) is 20.3. The molecule has 0 aliphatic rings. The van der Waals surface area contributed by atoms with Crippen LogP contribution in [0.3, 0.4) is 0 Å². The molecule has 0 saturated carbocycles. The molecule has 0 saturated heterocycles. The highest BCUT2D eigenvalue weighted by Crippen LogP contribution is 2.26. The largest absolute Gasteiger partial charge is 0.447 e. The van der Waals surface area contributed by atoms with Gasteiger partial charge in [0.2, 0.25) is 5.89 Å². The Hall–Kier alpha value is -3.77. The maximum atomic E-state index is 13.1. The molecule has 0 aliphatic heterocycles. The molecule has 1 unspecified atom stereocenters. The van der Waals surface area contributed by atoms with Crippen LogP contribution in [0, 0.1) is 19.7 Å². The fourth-order valence-corrected chi connectivity index (χ4v) is 4.00. The number of aromatic nitrogens is 1. The Balaban J connectivity index is 1.49. The number of carbonyl (C=O) groups is 1. The Kier molecular flexibility index (Phi) is 7.73. The Morgan fingerprint density at radius 1 is 1.03 bits per heavy atom. The Labute approximate surface area is 205 Å². The Morgan fingerprint density at radius 2 is 1.77 bits per heavy atom. The highest BCUT2D eigenvalue weighted by atomic mass is 19.1. The highest BCUT2D eigenvalue weighted by molar-refractivity contribution is 5.91. The van der Waals surface area contributed by atoms with E-state index in [-0.39, 0.29) is 30.0 Å². The van der Waals surface area contributed by atoms with Gasteiger partial charge in [0.1, 0.15) is 12.1 Å². The molecule has 0 bridgehead atoms. The molecule has 0 radical (unpaired) electrons. The lowest BCUT2D eigenvalue weighted by atomic mass is 10.0. The molecule has 4 rings (SSSR count). The SMILES string of the molecule is Cc1ccc(C)c(CN(Cc2nc(C(=O)NCc3ccc(F)cc3)co2)C(C)c2ccccc2)c1. The van der Waals surface area contributed by atoms with Crippen molar-refractivity contribution in [2.24, 2.45) is 0 Å². The van der Waals surface area contributed by atoms with Crippen molar-refractivity contribution >= 4 is 5.91 Å². The standard InChI is InChI=1S/C29H30FN3O2/c1-20-9-10-21(2)25(15-20)17-33(22(3)24-7-5-4-6-8-24)18-28-32-27(19-35-28)29(34)31-16-23-11-13-26(30)14-12-23/h4-15,19,22H,16-18H2,1-3H3,(H,31,34). The van der Waals surface area contributed by atoms with Crippen LogP contribution >= 0.6 is 0 Å². The van der Waals surface area contributed by atoms with Gasteiger partial charge in [-0.3, -0.25) is 9.69 Å². The topological polar surface area (TPSA) is 58.4 Å². The van der Waals surface area contributed by atoms with Gasteiger partial charge < -0.3 is 9.73 Å². The van der Waals surface area contributed by atoms with Crippen LogP contribution in [-0.2, 0) is 19.6 Å². The van der Waals surface area contributed by atoms with Gasteiger partial charge in [-0.25, -0.2) is 9.37 Å². The molecule has 1 amide bonds. The van der Waals surface area contributed by atoms with E-state index in [1.807, 2.05) is 18.2 Å². The summed E-state index contributed by atoms with van der Waals surface area (Å²) >= 11 is 0. The van der Waals surface area contributed by atoms with Gasteiger partial charge in [0, 0.05) is 19.1 Å². The minimum absolute atomic E-state index is 0.110. The summed E-state index contributed by atoms with van der Waals surface area (Å²) in [5.41, 5.74) is 5.92. The number of aryl methyl sites for hydroxylation is 2. The third-order valence-electron chi connectivity index (χ3n) is 6.20. The number of hydrogen-bond acceptors (Lipinski definition) is 4. The molecule has 0 fully saturated rings. The van der Waals surface area contributed by atoms with E-state index in [0.29, 0.717) is 12.4 Å². The quantitative estimate of drug-likeness (QED) is 0.319. The van der Waals surface area contributed by atoms with Crippen LogP contribution in [0.4, 0.5) is 4.39 Å². The maximum Gasteiger partial charge on any atom is 0.273 e. The van der Waals surface area contributed by atoms with Gasteiger partial charge in [0.15, 0.2) is 5.69 Å². The van der Waals surface area contributed by atoms with Gasteiger partial charge >= 0.3 is 0 Å².